The summed E-state index contributed by atoms with van der Waals surface area (Å²) in [5.41, 5.74) is 0. The highest BCUT2D eigenvalue weighted by molar-refractivity contribution is 8.21. The van der Waals surface area contributed by atoms with Crippen molar-refractivity contribution in [1.82, 2.24) is 0 Å². The molecule has 0 aromatic heterocycles. The number of hydrogen-bond donors (Lipinski definition) is 0. The van der Waals surface area contributed by atoms with E-state index in [1.165, 1.54) is 0 Å². The van der Waals surface area contributed by atoms with Gasteiger partial charge in [-0.25, -0.2) is 0 Å². The van der Waals surface area contributed by atoms with Gasteiger partial charge in [0, 0.05) is 4.90 Å². The van der Waals surface area contributed by atoms with Crippen molar-refractivity contribution in [1.29, 1.82) is 0 Å². The lowest BCUT2D eigenvalue weighted by Gasteiger charge is -1.98. The molecule has 0 fully saturated rings. The van der Waals surface area contributed by atoms with Crippen LogP contribution in [0.25, 0.3) is 0 Å². The third kappa shape index (κ3) is 1.73. The highest BCUT2D eigenvalue weighted by Crippen LogP contribution is 2.34. The van der Waals surface area contributed by atoms with Gasteiger partial charge in [-0.05, 0) is 33.8 Å². The van der Waals surface area contributed by atoms with E-state index in [1.54, 1.807) is 12.1 Å². The summed E-state index contributed by atoms with van der Waals surface area (Å²) < 4.78 is 0. The van der Waals surface area contributed by atoms with Crippen molar-refractivity contribution in [3.8, 4) is 0 Å². The van der Waals surface area contributed by atoms with Crippen LogP contribution in [0.15, 0.2) is 23.1 Å². The first-order chi connectivity index (χ1) is 4.75. The van der Waals surface area contributed by atoms with Gasteiger partial charge in [0.25, 0.3) is 0 Å². The highest BCUT2D eigenvalue weighted by Gasteiger charge is 2.01. The lowest BCUT2D eigenvalue weighted by atomic mass is 10.4. The standard InChI is InChI=1S/C6H3Cl3S/c7-4-2-1-3-5(10-9)6(4)8/h1-3H. The van der Waals surface area contributed by atoms with Gasteiger partial charge in [-0.2, -0.15) is 0 Å². The maximum Gasteiger partial charge on any atom is 0.0740 e. The zero-order valence-corrected chi connectivity index (χ0v) is 7.86. The fourth-order valence-electron chi connectivity index (χ4n) is 0.544. The minimum absolute atomic E-state index is 0.518. The molecule has 1 aromatic carbocycles. The van der Waals surface area contributed by atoms with Crippen LogP contribution in [-0.4, -0.2) is 0 Å². The summed E-state index contributed by atoms with van der Waals surface area (Å²) in [5.74, 6) is 0. The van der Waals surface area contributed by atoms with Gasteiger partial charge >= 0.3 is 0 Å². The summed E-state index contributed by atoms with van der Waals surface area (Å²) in [7, 11) is 6.54. The molecular formula is C6H3Cl3S. The Morgan fingerprint density at radius 3 is 2.40 bits per heavy atom. The second-order valence-corrected chi connectivity index (χ2v) is 3.47. The molecule has 0 aliphatic carbocycles. The third-order valence-electron chi connectivity index (χ3n) is 0.999. The number of halogens is 3. The lowest BCUT2D eigenvalue weighted by molar-refractivity contribution is 1.47. The normalized spacial score (nSPS) is 9.90. The van der Waals surface area contributed by atoms with Gasteiger partial charge in [-0.15, -0.1) is 0 Å². The number of benzene rings is 1. The summed E-state index contributed by atoms with van der Waals surface area (Å²) in [5, 5.41) is 1.05. The van der Waals surface area contributed by atoms with Crippen LogP contribution in [0.2, 0.25) is 10.0 Å². The van der Waals surface area contributed by atoms with E-state index in [0.717, 1.165) is 15.9 Å². The van der Waals surface area contributed by atoms with Crippen molar-refractivity contribution in [2.45, 2.75) is 4.90 Å². The molecule has 0 aliphatic heterocycles. The van der Waals surface area contributed by atoms with Gasteiger partial charge < -0.3 is 0 Å². The largest absolute Gasteiger partial charge is 0.0827 e. The Kier molecular flexibility index (Phi) is 3.18. The average molecular weight is 214 g/mol. The van der Waals surface area contributed by atoms with Crippen LogP contribution in [0.3, 0.4) is 0 Å². The quantitative estimate of drug-likeness (QED) is 0.672. The van der Waals surface area contributed by atoms with Gasteiger partial charge in [-0.3, -0.25) is 0 Å². The molecule has 0 bridgehead atoms. The van der Waals surface area contributed by atoms with Gasteiger partial charge in [0.05, 0.1) is 10.0 Å². The molecule has 0 nitrogen and oxygen atoms in total. The van der Waals surface area contributed by atoms with E-state index >= 15 is 0 Å². The Morgan fingerprint density at radius 2 is 1.90 bits per heavy atom. The Morgan fingerprint density at radius 1 is 1.20 bits per heavy atom. The van der Waals surface area contributed by atoms with Crippen LogP contribution in [0.1, 0.15) is 0 Å². The molecule has 0 unspecified atom stereocenters. The zero-order valence-electron chi connectivity index (χ0n) is 4.77. The second-order valence-electron chi connectivity index (χ2n) is 1.63. The fraction of sp³-hybridized carbons (Fsp3) is 0. The van der Waals surface area contributed by atoms with Gasteiger partial charge in [0.15, 0.2) is 0 Å². The summed E-state index contributed by atoms with van der Waals surface area (Å²) >= 11 is 11.4. The molecule has 0 saturated carbocycles. The first-order valence-corrected chi connectivity index (χ1v) is 4.88. The van der Waals surface area contributed by atoms with Crippen LogP contribution < -0.4 is 0 Å². The van der Waals surface area contributed by atoms with Crippen LogP contribution >= 0.6 is 44.9 Å². The predicted octanol–water partition coefficient (Wildman–Crippen LogP) is 4.24. The zero-order chi connectivity index (χ0) is 7.56. The Bertz CT molecular complexity index is 236. The molecular weight excluding hydrogens is 210 g/mol. The van der Waals surface area contributed by atoms with E-state index in [-0.39, 0.29) is 0 Å². The SMILES string of the molecule is ClSc1cccc(Cl)c1Cl. The van der Waals surface area contributed by atoms with Crippen molar-refractivity contribution in [3.05, 3.63) is 28.2 Å². The van der Waals surface area contributed by atoms with Crippen molar-refractivity contribution < 1.29 is 0 Å². The summed E-state index contributed by atoms with van der Waals surface area (Å²) in [4.78, 5) is 0.788. The molecule has 1 rings (SSSR count). The fourth-order valence-corrected chi connectivity index (χ4v) is 1.83. The number of rotatable bonds is 1. The average Bonchev–Trinajstić information content (AvgIpc) is 1.95. The van der Waals surface area contributed by atoms with E-state index in [9.17, 15) is 0 Å². The molecule has 4 heteroatoms. The topological polar surface area (TPSA) is 0 Å². The Hall–Kier alpha value is 0.440. The smallest absolute Gasteiger partial charge is 0.0740 e. The minimum atomic E-state index is 0.518. The van der Waals surface area contributed by atoms with E-state index in [0.29, 0.717) is 10.0 Å². The maximum atomic E-state index is 5.76. The molecule has 0 heterocycles. The van der Waals surface area contributed by atoms with Crippen molar-refractivity contribution >= 4 is 44.9 Å². The van der Waals surface area contributed by atoms with Crippen LogP contribution in [0.5, 0.6) is 0 Å². The van der Waals surface area contributed by atoms with E-state index in [4.69, 9.17) is 33.9 Å². The van der Waals surface area contributed by atoms with E-state index in [2.05, 4.69) is 0 Å². The van der Waals surface area contributed by atoms with E-state index < -0.39 is 0 Å². The molecule has 0 radical (unpaired) electrons. The highest BCUT2D eigenvalue weighted by atomic mass is 35.7. The molecule has 0 amide bonds. The lowest BCUT2D eigenvalue weighted by Crippen LogP contribution is -1.70. The first kappa shape index (κ1) is 8.54. The van der Waals surface area contributed by atoms with Gasteiger partial charge in [0.1, 0.15) is 0 Å². The molecule has 0 spiro atoms. The maximum absolute atomic E-state index is 5.76. The van der Waals surface area contributed by atoms with Crippen molar-refractivity contribution in [3.63, 3.8) is 0 Å². The Balaban J connectivity index is 3.14. The molecule has 0 aliphatic rings. The molecule has 0 N–H and O–H groups in total. The number of hydrogen-bond acceptors (Lipinski definition) is 1. The molecule has 0 saturated heterocycles. The van der Waals surface area contributed by atoms with Crippen LogP contribution in [-0.2, 0) is 0 Å². The first-order valence-electron chi connectivity index (χ1n) is 2.48. The molecule has 54 valence electrons. The summed E-state index contributed by atoms with van der Waals surface area (Å²) in [6.45, 7) is 0. The van der Waals surface area contributed by atoms with Crippen molar-refractivity contribution in [2.24, 2.45) is 0 Å². The van der Waals surface area contributed by atoms with Gasteiger partial charge in [-0.1, -0.05) is 29.3 Å². The third-order valence-corrected chi connectivity index (χ3v) is 2.94. The van der Waals surface area contributed by atoms with Crippen LogP contribution in [0.4, 0.5) is 0 Å². The molecule has 10 heavy (non-hydrogen) atoms. The van der Waals surface area contributed by atoms with E-state index in [1.807, 2.05) is 6.07 Å². The van der Waals surface area contributed by atoms with Crippen LogP contribution in [0, 0.1) is 0 Å². The second kappa shape index (κ2) is 3.72. The summed E-state index contributed by atoms with van der Waals surface area (Å²) in [6.07, 6.45) is 0. The van der Waals surface area contributed by atoms with Crippen molar-refractivity contribution in [2.75, 3.05) is 0 Å². The monoisotopic (exact) mass is 212 g/mol. The minimum Gasteiger partial charge on any atom is -0.0827 e. The molecule has 0 atom stereocenters. The summed E-state index contributed by atoms with van der Waals surface area (Å²) in [6, 6.07) is 5.34. The molecule has 1 aromatic rings. The van der Waals surface area contributed by atoms with Gasteiger partial charge in [0.2, 0.25) is 0 Å². The predicted molar refractivity (Wildman–Crippen MR) is 48.2 cm³/mol. The Labute approximate surface area is 78.0 Å².